The van der Waals surface area contributed by atoms with Crippen molar-refractivity contribution in [1.82, 2.24) is 10.1 Å². The summed E-state index contributed by atoms with van der Waals surface area (Å²) in [7, 11) is 3.33. The molecule has 0 aliphatic heterocycles. The predicted molar refractivity (Wildman–Crippen MR) is 43.9 cm³/mol. The molecule has 1 heterocycles. The molecule has 0 atom stereocenters. The molecule has 1 aromatic rings. The first kappa shape index (κ1) is 8.58. The summed E-state index contributed by atoms with van der Waals surface area (Å²) >= 11 is 0. The third kappa shape index (κ3) is 1.75. The molecule has 0 fully saturated rings. The van der Waals surface area contributed by atoms with E-state index >= 15 is 0 Å². The highest BCUT2D eigenvalue weighted by Crippen LogP contribution is 2.12. The van der Waals surface area contributed by atoms with Crippen LogP contribution in [0.2, 0.25) is 0 Å². The molecule has 0 aliphatic carbocycles. The predicted octanol–water partition coefficient (Wildman–Crippen LogP) is 1.08. The van der Waals surface area contributed by atoms with Crippen LogP contribution in [0.25, 0.3) is 0 Å². The van der Waals surface area contributed by atoms with Crippen molar-refractivity contribution in [3.63, 3.8) is 0 Å². The molecule has 0 saturated heterocycles. The van der Waals surface area contributed by atoms with E-state index in [2.05, 4.69) is 10.5 Å². The van der Waals surface area contributed by atoms with Crippen molar-refractivity contribution in [1.29, 1.82) is 0 Å². The van der Waals surface area contributed by atoms with Gasteiger partial charge in [0.25, 0.3) is 0 Å². The molecule has 2 amide bonds. The summed E-state index contributed by atoms with van der Waals surface area (Å²) in [5.74, 6) is 0.602. The molecule has 0 saturated carbocycles. The zero-order valence-electron chi connectivity index (χ0n) is 7.29. The molecule has 0 unspecified atom stereocenters. The Morgan fingerprint density at radius 1 is 1.67 bits per heavy atom. The van der Waals surface area contributed by atoms with Crippen molar-refractivity contribution in [3.05, 3.63) is 12.0 Å². The average Bonchev–Trinajstić information content (AvgIpc) is 2.36. The Bertz CT molecular complexity index is 280. The average molecular weight is 169 g/mol. The maximum atomic E-state index is 11.1. The summed E-state index contributed by atoms with van der Waals surface area (Å²) in [4.78, 5) is 12.5. The van der Waals surface area contributed by atoms with Crippen LogP contribution in [0.3, 0.4) is 0 Å². The molecule has 0 radical (unpaired) electrons. The number of rotatable bonds is 1. The van der Waals surface area contributed by atoms with Gasteiger partial charge in [-0.15, -0.1) is 0 Å². The topological polar surface area (TPSA) is 58.4 Å². The lowest BCUT2D eigenvalue weighted by Crippen LogP contribution is -2.27. The third-order valence-electron chi connectivity index (χ3n) is 1.40. The Morgan fingerprint density at radius 2 is 2.33 bits per heavy atom. The van der Waals surface area contributed by atoms with Crippen LogP contribution in [0.15, 0.2) is 10.7 Å². The van der Waals surface area contributed by atoms with E-state index in [4.69, 9.17) is 4.52 Å². The molecule has 66 valence electrons. The fraction of sp³-hybridized carbons (Fsp3) is 0.429. The van der Waals surface area contributed by atoms with Gasteiger partial charge in [0.05, 0.1) is 6.20 Å². The first-order valence-electron chi connectivity index (χ1n) is 3.51. The van der Waals surface area contributed by atoms with E-state index in [0.29, 0.717) is 11.4 Å². The first-order valence-corrected chi connectivity index (χ1v) is 3.51. The number of nitrogens with zero attached hydrogens (tertiary/aromatic N) is 2. The van der Waals surface area contributed by atoms with Crippen molar-refractivity contribution in [3.8, 4) is 0 Å². The zero-order chi connectivity index (χ0) is 9.14. The highest BCUT2D eigenvalue weighted by Gasteiger charge is 2.08. The quantitative estimate of drug-likeness (QED) is 0.684. The smallest absolute Gasteiger partial charge is 0.321 e. The van der Waals surface area contributed by atoms with Crippen LogP contribution < -0.4 is 5.32 Å². The maximum Gasteiger partial charge on any atom is 0.321 e. The lowest BCUT2D eigenvalue weighted by Gasteiger charge is -2.10. The van der Waals surface area contributed by atoms with E-state index in [1.54, 1.807) is 21.0 Å². The maximum absolute atomic E-state index is 11.1. The molecular weight excluding hydrogens is 158 g/mol. The number of carbonyl (C=O) groups excluding carboxylic acids is 1. The number of amides is 2. The Labute approximate surface area is 70.3 Å². The molecule has 0 bridgehead atoms. The van der Waals surface area contributed by atoms with Gasteiger partial charge in [-0.25, -0.2) is 4.79 Å². The number of urea groups is 1. The van der Waals surface area contributed by atoms with E-state index in [9.17, 15) is 4.79 Å². The number of carbonyl (C=O) groups is 1. The van der Waals surface area contributed by atoms with Gasteiger partial charge in [0.1, 0.15) is 5.69 Å². The summed E-state index contributed by atoms with van der Waals surface area (Å²) in [5.41, 5.74) is 0.605. The van der Waals surface area contributed by atoms with Crippen molar-refractivity contribution < 1.29 is 9.32 Å². The van der Waals surface area contributed by atoms with Gasteiger partial charge in [0, 0.05) is 14.1 Å². The standard InChI is InChI=1S/C7H11N3O2/c1-5-6(4-8-12-5)9-7(11)10(2)3/h4H,1-3H3,(H,9,11). The fourth-order valence-electron chi connectivity index (χ4n) is 0.645. The van der Waals surface area contributed by atoms with Crippen LogP contribution in [0.1, 0.15) is 5.76 Å². The van der Waals surface area contributed by atoms with E-state index in [0.717, 1.165) is 0 Å². The molecule has 5 heteroatoms. The largest absolute Gasteiger partial charge is 0.359 e. The fourth-order valence-corrected chi connectivity index (χ4v) is 0.645. The molecule has 12 heavy (non-hydrogen) atoms. The second kappa shape index (κ2) is 3.25. The second-order valence-corrected chi connectivity index (χ2v) is 2.62. The molecule has 1 N–H and O–H groups in total. The number of anilines is 1. The van der Waals surface area contributed by atoms with Crippen LogP contribution in [0.4, 0.5) is 10.5 Å². The van der Waals surface area contributed by atoms with E-state index < -0.39 is 0 Å². The molecule has 1 rings (SSSR count). The molecular formula is C7H11N3O2. The number of aromatic nitrogens is 1. The van der Waals surface area contributed by atoms with Crippen LogP contribution in [0.5, 0.6) is 0 Å². The van der Waals surface area contributed by atoms with Crippen molar-refractivity contribution in [2.45, 2.75) is 6.92 Å². The third-order valence-corrected chi connectivity index (χ3v) is 1.40. The van der Waals surface area contributed by atoms with Crippen molar-refractivity contribution in [2.75, 3.05) is 19.4 Å². The minimum atomic E-state index is -0.193. The van der Waals surface area contributed by atoms with Gasteiger partial charge in [-0.1, -0.05) is 5.16 Å². The second-order valence-electron chi connectivity index (χ2n) is 2.62. The van der Waals surface area contributed by atoms with Crippen LogP contribution in [-0.4, -0.2) is 30.2 Å². The first-order chi connectivity index (χ1) is 5.61. The SMILES string of the molecule is Cc1oncc1NC(=O)N(C)C. The molecule has 5 nitrogen and oxygen atoms in total. The van der Waals surface area contributed by atoms with Gasteiger partial charge in [-0.2, -0.15) is 0 Å². The molecule has 1 aromatic heterocycles. The van der Waals surface area contributed by atoms with E-state index in [-0.39, 0.29) is 6.03 Å². The Kier molecular flexibility index (Phi) is 2.32. The van der Waals surface area contributed by atoms with Crippen LogP contribution in [-0.2, 0) is 0 Å². The number of hydrogen-bond acceptors (Lipinski definition) is 3. The summed E-state index contributed by atoms with van der Waals surface area (Å²) in [6, 6.07) is -0.193. The number of nitrogens with one attached hydrogen (secondary N) is 1. The highest BCUT2D eigenvalue weighted by molar-refractivity contribution is 5.89. The van der Waals surface area contributed by atoms with Gasteiger partial charge in [-0.3, -0.25) is 0 Å². The summed E-state index contributed by atoms with van der Waals surface area (Å²) < 4.78 is 4.76. The summed E-state index contributed by atoms with van der Waals surface area (Å²) in [5, 5.41) is 6.15. The zero-order valence-corrected chi connectivity index (χ0v) is 7.29. The Balaban J connectivity index is 2.64. The molecule has 0 spiro atoms. The van der Waals surface area contributed by atoms with Crippen LogP contribution in [0, 0.1) is 6.92 Å². The van der Waals surface area contributed by atoms with E-state index in [1.807, 2.05) is 0 Å². The van der Waals surface area contributed by atoms with Gasteiger partial charge in [-0.05, 0) is 6.92 Å². The lowest BCUT2D eigenvalue weighted by atomic mass is 10.4. The number of aryl methyl sites for hydroxylation is 1. The minimum absolute atomic E-state index is 0.193. The Hall–Kier alpha value is -1.52. The van der Waals surface area contributed by atoms with E-state index in [1.165, 1.54) is 11.1 Å². The molecule has 0 aliphatic rings. The Morgan fingerprint density at radius 3 is 2.75 bits per heavy atom. The summed E-state index contributed by atoms with van der Waals surface area (Å²) in [6.45, 7) is 1.73. The van der Waals surface area contributed by atoms with Gasteiger partial charge in [0.15, 0.2) is 5.76 Å². The van der Waals surface area contributed by atoms with Gasteiger partial charge < -0.3 is 14.7 Å². The number of hydrogen-bond donors (Lipinski definition) is 1. The monoisotopic (exact) mass is 169 g/mol. The van der Waals surface area contributed by atoms with Gasteiger partial charge >= 0.3 is 6.03 Å². The molecule has 0 aromatic carbocycles. The summed E-state index contributed by atoms with van der Waals surface area (Å²) in [6.07, 6.45) is 1.47. The van der Waals surface area contributed by atoms with Crippen molar-refractivity contribution >= 4 is 11.7 Å². The highest BCUT2D eigenvalue weighted by atomic mass is 16.5. The van der Waals surface area contributed by atoms with Gasteiger partial charge in [0.2, 0.25) is 0 Å². The van der Waals surface area contributed by atoms with Crippen molar-refractivity contribution in [2.24, 2.45) is 0 Å². The minimum Gasteiger partial charge on any atom is -0.359 e. The lowest BCUT2D eigenvalue weighted by molar-refractivity contribution is 0.230. The van der Waals surface area contributed by atoms with Crippen LogP contribution >= 0.6 is 0 Å². The normalized spacial score (nSPS) is 9.58.